The summed E-state index contributed by atoms with van der Waals surface area (Å²) in [7, 11) is 0. The van der Waals surface area contributed by atoms with Crippen LogP contribution in [-0.2, 0) is 5.41 Å². The van der Waals surface area contributed by atoms with Crippen molar-refractivity contribution in [3.63, 3.8) is 0 Å². The van der Waals surface area contributed by atoms with E-state index in [9.17, 15) is 19.2 Å². The van der Waals surface area contributed by atoms with Crippen LogP contribution in [0, 0.1) is 27.7 Å². The molecule has 4 N–H and O–H groups in total. The number of unbranched alkanes of at least 4 members (excludes halogenated alkanes) is 39. The highest BCUT2D eigenvalue weighted by molar-refractivity contribution is 6.08. The molecule has 1 saturated heterocycles. The fourth-order valence-electron chi connectivity index (χ4n) is 16.0. The van der Waals surface area contributed by atoms with Crippen LogP contribution in [0.4, 0.5) is 11.4 Å². The molecule has 0 saturated carbocycles. The Hall–Kier alpha value is -7.15. The molecule has 6 rings (SSSR count). The van der Waals surface area contributed by atoms with Gasteiger partial charge < -0.3 is 40.4 Å². The Bertz CT molecular complexity index is 3240. The van der Waals surface area contributed by atoms with E-state index in [0.717, 1.165) is 123 Å². The molecule has 0 aromatic heterocycles. The number of amides is 5. The summed E-state index contributed by atoms with van der Waals surface area (Å²) < 4.78 is 20.6. The van der Waals surface area contributed by atoms with Gasteiger partial charge in [0.1, 0.15) is 0 Å². The minimum Gasteiger partial charge on any atom is -0.490 e. The number of ether oxygens (including phenoxy) is 3. The summed E-state index contributed by atoms with van der Waals surface area (Å²) in [6, 6.07) is 26.4. The standard InChI is InChI=1S/C98H151N5O8/c1-10-15-20-25-28-31-34-37-40-43-46-51-66-109-88-75-85(76-89(110-67-52-47-44-41-38-35-32-29-26-21-16-11-2)92(88)111-68-53-48-45-42-39-36-33-30-27-22-17-12-3)97(108)103-64-60-98(61-65-103,86-69-77(6)90(78(7)70-86)101-95(106)83-58-54-56-81(73-83)93(104)99-62-49-23-18-13-4)87-71-79(8)91(80(9)72-87)102-96(107)84-59-55-57-82(74-84)94(105)100-63-50-24-19-14-5/h54-59,69-76H,10-53,60-68H2,1-9H3,(H,99,104)(H,100,105)(H,101,106)(H,102,107). The molecule has 13 nitrogen and oxygen atoms in total. The molecule has 1 aliphatic heterocycles. The second kappa shape index (κ2) is 55.3. The molecule has 1 aliphatic rings. The summed E-state index contributed by atoms with van der Waals surface area (Å²) in [5.41, 5.74) is 8.64. The Morgan fingerprint density at radius 3 is 0.901 bits per heavy atom. The van der Waals surface area contributed by atoms with Crippen LogP contribution in [0.5, 0.6) is 17.2 Å². The third-order valence-corrected chi connectivity index (χ3v) is 23.0. The Labute approximate surface area is 674 Å². The Balaban J connectivity index is 1.29. The predicted molar refractivity (Wildman–Crippen MR) is 466 cm³/mol. The van der Waals surface area contributed by atoms with Crippen molar-refractivity contribution >= 4 is 40.9 Å². The van der Waals surface area contributed by atoms with E-state index in [1.54, 1.807) is 48.5 Å². The zero-order valence-corrected chi connectivity index (χ0v) is 71.3. The summed E-state index contributed by atoms with van der Waals surface area (Å²) in [5.74, 6) is 0.670. The molecule has 1 heterocycles. The molecule has 1 fully saturated rings. The number of carbonyl (C=O) groups is 5. The van der Waals surface area contributed by atoms with Crippen molar-refractivity contribution in [1.29, 1.82) is 0 Å². The number of hydrogen-bond donors (Lipinski definition) is 4. The Kier molecular flexibility index (Phi) is 46.2. The van der Waals surface area contributed by atoms with Gasteiger partial charge in [0.2, 0.25) is 5.75 Å². The zero-order chi connectivity index (χ0) is 79.5. The molecule has 5 aromatic rings. The van der Waals surface area contributed by atoms with Gasteiger partial charge in [0.15, 0.2) is 11.5 Å². The van der Waals surface area contributed by atoms with E-state index < -0.39 is 5.41 Å². The SMILES string of the molecule is CCCCCCCCCCCCCCOc1cc(C(=O)N2CCC(c3cc(C)c(NC(=O)c4cccc(C(=O)NCCCCCC)c4)c(C)c3)(c3cc(C)c(NC(=O)c4cccc(C(=O)NCCCCCC)c4)c(C)c3)CC2)cc(OCCCCCCCCCCCCCC)c1OCCCCCCCCCCCCCC. The van der Waals surface area contributed by atoms with Gasteiger partial charge in [-0.2, -0.15) is 0 Å². The smallest absolute Gasteiger partial charge is 0.255 e. The van der Waals surface area contributed by atoms with Crippen LogP contribution in [0.3, 0.4) is 0 Å². The summed E-state index contributed by atoms with van der Waals surface area (Å²) in [6.45, 7) is 22.9. The lowest BCUT2D eigenvalue weighted by molar-refractivity contribution is 0.0683. The first-order valence-corrected chi connectivity index (χ1v) is 45.2. The van der Waals surface area contributed by atoms with Crippen LogP contribution >= 0.6 is 0 Å². The van der Waals surface area contributed by atoms with Crippen LogP contribution in [-0.4, -0.2) is 80.4 Å². The van der Waals surface area contributed by atoms with Gasteiger partial charge >= 0.3 is 0 Å². The molecular formula is C98H151N5O8. The second-order valence-electron chi connectivity index (χ2n) is 32.6. The van der Waals surface area contributed by atoms with Crippen molar-refractivity contribution < 1.29 is 38.2 Å². The highest BCUT2D eigenvalue weighted by Gasteiger charge is 2.41. The number of nitrogens with one attached hydrogen (secondary N) is 4. The molecule has 5 amide bonds. The minimum absolute atomic E-state index is 0.0839. The Morgan fingerprint density at radius 2 is 0.595 bits per heavy atom. The average molecular weight is 1530 g/mol. The molecule has 616 valence electrons. The van der Waals surface area contributed by atoms with Gasteiger partial charge in [-0.1, -0.05) is 321 Å². The van der Waals surface area contributed by atoms with Crippen molar-refractivity contribution in [2.45, 2.75) is 363 Å². The van der Waals surface area contributed by atoms with E-state index in [1.807, 2.05) is 44.7 Å². The zero-order valence-electron chi connectivity index (χ0n) is 71.3. The first-order chi connectivity index (χ1) is 54.2. The molecule has 0 atom stereocenters. The molecule has 0 spiro atoms. The van der Waals surface area contributed by atoms with Gasteiger partial charge in [-0.3, -0.25) is 24.0 Å². The number of hydrogen-bond acceptors (Lipinski definition) is 8. The van der Waals surface area contributed by atoms with E-state index in [4.69, 9.17) is 14.2 Å². The number of rotatable bonds is 61. The van der Waals surface area contributed by atoms with Crippen LogP contribution < -0.4 is 35.5 Å². The normalized spacial score (nSPS) is 12.6. The maximum Gasteiger partial charge on any atom is 0.255 e. The number of benzene rings is 5. The Morgan fingerprint density at radius 1 is 0.324 bits per heavy atom. The monoisotopic (exact) mass is 1530 g/mol. The van der Waals surface area contributed by atoms with Crippen LogP contribution in [0.15, 0.2) is 84.9 Å². The number of aryl methyl sites for hydroxylation is 4. The molecule has 13 heteroatoms. The van der Waals surface area contributed by atoms with Crippen LogP contribution in [0.25, 0.3) is 0 Å². The van der Waals surface area contributed by atoms with E-state index in [1.165, 1.54) is 193 Å². The van der Waals surface area contributed by atoms with Gasteiger partial charge in [0.05, 0.1) is 19.8 Å². The highest BCUT2D eigenvalue weighted by Crippen LogP contribution is 2.47. The predicted octanol–water partition coefficient (Wildman–Crippen LogP) is 26.5. The highest BCUT2D eigenvalue weighted by atomic mass is 16.5. The number of nitrogens with zero attached hydrogens (tertiary/aromatic N) is 1. The van der Waals surface area contributed by atoms with E-state index in [-0.39, 0.29) is 29.5 Å². The summed E-state index contributed by atoms with van der Waals surface area (Å²) in [4.78, 5) is 72.7. The van der Waals surface area contributed by atoms with Crippen molar-refractivity contribution in [1.82, 2.24) is 15.5 Å². The second-order valence-corrected chi connectivity index (χ2v) is 32.6. The lowest BCUT2D eigenvalue weighted by atomic mass is 9.66. The molecular weight excluding hydrogens is 1380 g/mol. The number of carbonyl (C=O) groups excluding carboxylic acids is 5. The van der Waals surface area contributed by atoms with E-state index >= 15 is 4.79 Å². The van der Waals surface area contributed by atoms with Crippen molar-refractivity contribution in [3.8, 4) is 17.2 Å². The quantitative estimate of drug-likeness (QED) is 0.0280. The molecule has 0 radical (unpaired) electrons. The van der Waals surface area contributed by atoms with Gasteiger partial charge in [-0.05, 0) is 155 Å². The van der Waals surface area contributed by atoms with Crippen LogP contribution in [0.2, 0.25) is 0 Å². The molecule has 0 aliphatic carbocycles. The summed E-state index contributed by atoms with van der Waals surface area (Å²) in [6.07, 6.45) is 54.8. The van der Waals surface area contributed by atoms with Gasteiger partial charge in [-0.25, -0.2) is 0 Å². The summed E-state index contributed by atoms with van der Waals surface area (Å²) in [5, 5.41) is 12.5. The molecule has 111 heavy (non-hydrogen) atoms. The topological polar surface area (TPSA) is 164 Å². The molecule has 0 unspecified atom stereocenters. The summed E-state index contributed by atoms with van der Waals surface area (Å²) >= 11 is 0. The maximum atomic E-state index is 15.6. The lowest BCUT2D eigenvalue weighted by Crippen LogP contribution is -2.46. The average Bonchev–Trinajstić information content (AvgIpc) is 0.744. The molecule has 0 bridgehead atoms. The number of piperidine rings is 1. The minimum atomic E-state index is -0.611. The first-order valence-electron chi connectivity index (χ1n) is 45.2. The third-order valence-electron chi connectivity index (χ3n) is 23.0. The first kappa shape index (κ1) is 92.7. The van der Waals surface area contributed by atoms with Crippen molar-refractivity contribution in [2.24, 2.45) is 0 Å². The van der Waals surface area contributed by atoms with E-state index in [0.29, 0.717) is 115 Å². The number of anilines is 2. The largest absolute Gasteiger partial charge is 0.490 e. The van der Waals surface area contributed by atoms with Gasteiger partial charge in [0.25, 0.3) is 29.5 Å². The van der Waals surface area contributed by atoms with Crippen molar-refractivity contribution in [2.75, 3.05) is 56.6 Å². The van der Waals surface area contributed by atoms with Gasteiger partial charge in [-0.15, -0.1) is 0 Å². The maximum absolute atomic E-state index is 15.6. The van der Waals surface area contributed by atoms with Crippen LogP contribution in [0.1, 0.15) is 415 Å². The van der Waals surface area contributed by atoms with E-state index in [2.05, 4.69) is 80.2 Å². The number of likely N-dealkylation sites (tertiary alicyclic amines) is 1. The molecule has 5 aromatic carbocycles. The lowest BCUT2D eigenvalue weighted by Gasteiger charge is -2.44. The van der Waals surface area contributed by atoms with Gasteiger partial charge in [0, 0.05) is 70.8 Å². The third kappa shape index (κ3) is 33.8. The fourth-order valence-corrected chi connectivity index (χ4v) is 16.0. The fraction of sp³-hybridized carbons (Fsp3) is 0.643. The van der Waals surface area contributed by atoms with Crippen molar-refractivity contribution in [3.05, 3.63) is 146 Å².